The molecule has 5 aromatic rings. The third-order valence-electron chi connectivity index (χ3n) is 9.73. The smallest absolute Gasteiger partial charge is 0.259 e. The Kier molecular flexibility index (Phi) is 13.5. The summed E-state index contributed by atoms with van der Waals surface area (Å²) in [6.45, 7) is 8.61. The van der Waals surface area contributed by atoms with Gasteiger partial charge in [0.05, 0.1) is 46.3 Å². The van der Waals surface area contributed by atoms with E-state index in [0.29, 0.717) is 22.7 Å². The summed E-state index contributed by atoms with van der Waals surface area (Å²) >= 11 is 0. The van der Waals surface area contributed by atoms with Crippen molar-refractivity contribution in [2.24, 2.45) is 0 Å². The van der Waals surface area contributed by atoms with Crippen LogP contribution in [0.5, 0.6) is 11.5 Å². The molecule has 0 amide bonds. The summed E-state index contributed by atoms with van der Waals surface area (Å²) in [7, 11) is 3.19. The van der Waals surface area contributed by atoms with Crippen molar-refractivity contribution in [1.29, 1.82) is 5.26 Å². The van der Waals surface area contributed by atoms with Gasteiger partial charge in [0.15, 0.2) is 17.7 Å². The lowest BCUT2D eigenvalue weighted by Gasteiger charge is -2.39. The molecule has 2 N–H and O–H groups in total. The van der Waals surface area contributed by atoms with Crippen LogP contribution in [0.4, 0.5) is 5.82 Å². The molecular weight excluding hydrogens is 733 g/mol. The zero-order chi connectivity index (χ0) is 39.8. The molecule has 1 fully saturated rings. The zero-order valence-corrected chi connectivity index (χ0v) is 33.7. The monoisotopic (exact) mass is 783 g/mol. The molecule has 2 unspecified atom stereocenters. The van der Waals surface area contributed by atoms with Crippen molar-refractivity contribution in [3.8, 4) is 17.6 Å². The summed E-state index contributed by atoms with van der Waals surface area (Å²) in [4.78, 5) is 13.2. The normalized spacial score (nSPS) is 19.2. The number of nitriles is 1. The van der Waals surface area contributed by atoms with E-state index in [9.17, 15) is 5.26 Å². The average Bonchev–Trinajstić information content (AvgIpc) is 3.80. The van der Waals surface area contributed by atoms with Crippen LogP contribution in [0.1, 0.15) is 57.0 Å². The maximum absolute atomic E-state index is 9.40. The molecular formula is C41H50N7O7P. The Morgan fingerprint density at radius 1 is 0.857 bits per heavy atom. The van der Waals surface area contributed by atoms with Gasteiger partial charge in [-0.2, -0.15) is 5.26 Å². The van der Waals surface area contributed by atoms with E-state index in [-0.39, 0.29) is 37.5 Å². The van der Waals surface area contributed by atoms with Crippen LogP contribution in [0.25, 0.3) is 11.2 Å². The van der Waals surface area contributed by atoms with Gasteiger partial charge in [-0.3, -0.25) is 4.57 Å². The lowest BCUT2D eigenvalue weighted by atomic mass is 9.80. The Bertz CT molecular complexity index is 1990. The number of imidazole rings is 1. The maximum atomic E-state index is 9.40. The van der Waals surface area contributed by atoms with Crippen LogP contribution in [-0.4, -0.2) is 89.1 Å². The number of hydrogen-bond donors (Lipinski definition) is 1. The average molecular weight is 784 g/mol. The molecule has 14 nitrogen and oxygen atoms in total. The van der Waals surface area contributed by atoms with Gasteiger partial charge in [-0.25, -0.2) is 19.6 Å². The number of ether oxygens (including phenoxy) is 5. The number of nitrogen functional groups attached to an aromatic ring is 1. The van der Waals surface area contributed by atoms with Crippen molar-refractivity contribution in [2.45, 2.75) is 76.3 Å². The fraction of sp³-hybridized carbons (Fsp3) is 0.415. The summed E-state index contributed by atoms with van der Waals surface area (Å²) in [6.07, 6.45) is 0.342. The summed E-state index contributed by atoms with van der Waals surface area (Å²) in [5.74, 6) is 1.68. The SMILES string of the molecule is COc1ccc(C(OC[C@H]2O[C@@H](n3cnc4c(N)ncnc43)[C@@H](OC)C2OP(OCCC#N)N(C(C)C)C(C)C)(c2ccccc2)c2ccc(OC)cc2)cc1. The van der Waals surface area contributed by atoms with Crippen molar-refractivity contribution in [3.05, 3.63) is 108 Å². The molecule has 2 aromatic heterocycles. The number of fused-ring (bicyclic) bond motifs is 1. The molecule has 1 aliphatic rings. The van der Waals surface area contributed by atoms with E-state index in [4.69, 9.17) is 38.5 Å². The Labute approximate surface area is 329 Å². The van der Waals surface area contributed by atoms with Gasteiger partial charge in [0.2, 0.25) is 0 Å². The van der Waals surface area contributed by atoms with Crippen LogP contribution >= 0.6 is 8.53 Å². The Morgan fingerprint density at radius 3 is 2.02 bits per heavy atom. The van der Waals surface area contributed by atoms with E-state index >= 15 is 0 Å². The predicted octanol–water partition coefficient (Wildman–Crippen LogP) is 7.01. The van der Waals surface area contributed by atoms with Gasteiger partial charge in [0, 0.05) is 19.2 Å². The quantitative estimate of drug-likeness (QED) is 0.0550. The molecule has 56 heavy (non-hydrogen) atoms. The number of anilines is 1. The number of rotatable bonds is 18. The van der Waals surface area contributed by atoms with Crippen LogP contribution in [-0.2, 0) is 28.9 Å². The number of nitrogens with zero attached hydrogens (tertiary/aromatic N) is 6. The van der Waals surface area contributed by atoms with Crippen LogP contribution < -0.4 is 15.2 Å². The highest BCUT2D eigenvalue weighted by atomic mass is 31.2. The van der Waals surface area contributed by atoms with Crippen molar-refractivity contribution >= 4 is 25.5 Å². The first-order chi connectivity index (χ1) is 27.2. The molecule has 3 aromatic carbocycles. The molecule has 15 heteroatoms. The van der Waals surface area contributed by atoms with Gasteiger partial charge < -0.3 is 38.5 Å². The summed E-state index contributed by atoms with van der Waals surface area (Å²) in [5, 5.41) is 9.40. The van der Waals surface area contributed by atoms with Gasteiger partial charge in [-0.05, 0) is 68.7 Å². The molecule has 0 saturated carbocycles. The minimum Gasteiger partial charge on any atom is -0.497 e. The van der Waals surface area contributed by atoms with E-state index < -0.39 is 38.7 Å². The second-order valence-electron chi connectivity index (χ2n) is 13.8. The van der Waals surface area contributed by atoms with Gasteiger partial charge in [0.25, 0.3) is 8.53 Å². The van der Waals surface area contributed by atoms with Crippen molar-refractivity contribution < 1.29 is 32.7 Å². The highest BCUT2D eigenvalue weighted by Gasteiger charge is 2.51. The van der Waals surface area contributed by atoms with Crippen LogP contribution in [0.15, 0.2) is 91.5 Å². The zero-order valence-electron chi connectivity index (χ0n) is 32.8. The number of benzene rings is 3. The molecule has 3 heterocycles. The standard InChI is InChI=1S/C41H50N7O7P/c1-27(2)48(28(3)4)56(53-23-11-22-42)55-36-34(54-40(37(36)51-7)47-26-46-35-38(43)44-25-45-39(35)47)24-52-41(29-12-9-8-10-13-29,30-14-18-32(49-5)19-15-30)31-16-20-33(50-6)21-17-31/h8-10,12-21,25-28,34,36-37,40H,11,23-24H2,1-7H3,(H2,43,44,45)/t34-,36?,37+,40-,56?/m1/s1. The number of hydrogen-bond acceptors (Lipinski definition) is 13. The molecule has 0 spiro atoms. The van der Waals surface area contributed by atoms with Crippen molar-refractivity contribution in [3.63, 3.8) is 0 Å². The van der Waals surface area contributed by atoms with Crippen molar-refractivity contribution in [2.75, 3.05) is 40.3 Å². The summed E-state index contributed by atoms with van der Waals surface area (Å²) in [6, 6.07) is 28.1. The maximum Gasteiger partial charge on any atom is 0.259 e. The Balaban J connectivity index is 1.48. The first-order valence-electron chi connectivity index (χ1n) is 18.5. The number of aromatic nitrogens is 4. The Morgan fingerprint density at radius 2 is 1.46 bits per heavy atom. The topological polar surface area (TPSA) is 161 Å². The van der Waals surface area contributed by atoms with E-state index in [2.05, 4.69) is 53.4 Å². The number of methoxy groups -OCH3 is 3. The molecule has 1 aliphatic heterocycles. The van der Waals surface area contributed by atoms with E-state index in [0.717, 1.165) is 16.7 Å². The first kappa shape index (κ1) is 40.9. The van der Waals surface area contributed by atoms with E-state index in [1.807, 2.05) is 78.9 Å². The lowest BCUT2D eigenvalue weighted by Crippen LogP contribution is -2.42. The molecule has 0 bridgehead atoms. The van der Waals surface area contributed by atoms with Crippen LogP contribution in [0, 0.1) is 11.3 Å². The third-order valence-corrected chi connectivity index (χ3v) is 11.9. The summed E-state index contributed by atoms with van der Waals surface area (Å²) < 4.78 is 49.1. The second-order valence-corrected chi connectivity index (χ2v) is 15.2. The first-order valence-corrected chi connectivity index (χ1v) is 19.6. The largest absolute Gasteiger partial charge is 0.497 e. The van der Waals surface area contributed by atoms with Gasteiger partial charge in [-0.1, -0.05) is 54.6 Å². The summed E-state index contributed by atoms with van der Waals surface area (Å²) in [5.41, 5.74) is 8.62. The predicted molar refractivity (Wildman–Crippen MR) is 213 cm³/mol. The second kappa shape index (κ2) is 18.5. The Hall–Kier alpha value is -4.71. The highest BCUT2D eigenvalue weighted by Crippen LogP contribution is 2.51. The van der Waals surface area contributed by atoms with Gasteiger partial charge >= 0.3 is 0 Å². The van der Waals surface area contributed by atoms with Crippen LogP contribution in [0.3, 0.4) is 0 Å². The molecule has 1 saturated heterocycles. The lowest BCUT2D eigenvalue weighted by molar-refractivity contribution is -0.0938. The molecule has 5 atom stereocenters. The molecule has 0 radical (unpaired) electrons. The third kappa shape index (κ3) is 8.36. The van der Waals surface area contributed by atoms with Crippen LogP contribution in [0.2, 0.25) is 0 Å². The fourth-order valence-electron chi connectivity index (χ4n) is 7.18. The molecule has 6 rings (SSSR count). The minimum absolute atomic E-state index is 0.0441. The van der Waals surface area contributed by atoms with E-state index in [1.165, 1.54) is 6.33 Å². The van der Waals surface area contributed by atoms with Gasteiger partial charge in [-0.15, -0.1) is 0 Å². The van der Waals surface area contributed by atoms with E-state index in [1.54, 1.807) is 32.2 Å². The number of nitrogens with two attached hydrogens (primary N) is 1. The minimum atomic E-state index is -1.71. The van der Waals surface area contributed by atoms with Gasteiger partial charge in [0.1, 0.15) is 47.3 Å². The molecule has 0 aliphatic carbocycles. The van der Waals surface area contributed by atoms with Crippen molar-refractivity contribution in [1.82, 2.24) is 24.2 Å². The molecule has 296 valence electrons. The fourth-order valence-corrected chi connectivity index (χ4v) is 8.95. The highest BCUT2D eigenvalue weighted by molar-refractivity contribution is 7.44.